The van der Waals surface area contributed by atoms with Crippen molar-refractivity contribution in [2.75, 3.05) is 12.4 Å². The molecular weight excluding hydrogens is 334 g/mol. The summed E-state index contributed by atoms with van der Waals surface area (Å²) in [4.78, 5) is 30.0. The number of amides is 2. The lowest BCUT2D eigenvalue weighted by atomic mass is 10.1. The predicted octanol–water partition coefficient (Wildman–Crippen LogP) is 3.91. The van der Waals surface area contributed by atoms with Gasteiger partial charge in [-0.1, -0.05) is 17.7 Å². The van der Waals surface area contributed by atoms with E-state index in [0.29, 0.717) is 0 Å². The van der Waals surface area contributed by atoms with Crippen molar-refractivity contribution in [2.24, 2.45) is 0 Å². The monoisotopic (exact) mass is 359 g/mol. The third-order valence-corrected chi connectivity index (χ3v) is 3.92. The summed E-state index contributed by atoms with van der Waals surface area (Å²) in [6.07, 6.45) is 1.23. The first kappa shape index (κ1) is 19.5. The van der Waals surface area contributed by atoms with Crippen LogP contribution >= 0.6 is 0 Å². The molecule has 0 spiro atoms. The third kappa shape index (κ3) is 4.62. The van der Waals surface area contributed by atoms with Crippen molar-refractivity contribution >= 4 is 17.7 Å². The quantitative estimate of drug-likeness (QED) is 0.837. The molecule has 26 heavy (non-hydrogen) atoms. The van der Waals surface area contributed by atoms with E-state index in [1.54, 1.807) is 4.90 Å². The highest BCUT2D eigenvalue weighted by Crippen LogP contribution is 2.21. The number of anilines is 1. The van der Waals surface area contributed by atoms with Crippen LogP contribution in [-0.4, -0.2) is 34.5 Å². The van der Waals surface area contributed by atoms with Crippen LogP contribution in [0, 0.1) is 13.8 Å². The average molecular weight is 359 g/mol. The van der Waals surface area contributed by atoms with Gasteiger partial charge in [0.25, 0.3) is 0 Å². The van der Waals surface area contributed by atoms with Crippen molar-refractivity contribution in [1.82, 2.24) is 9.88 Å². The zero-order chi connectivity index (χ0) is 19.5. The number of aromatic nitrogens is 1. The topological polar surface area (TPSA) is 84.7 Å². The number of nitrogens with one attached hydrogen (secondary N) is 1. The van der Waals surface area contributed by atoms with Crippen LogP contribution in [0.25, 0.3) is 0 Å². The number of carbonyl (C=O) groups is 2. The third-order valence-electron chi connectivity index (χ3n) is 3.92. The largest absolute Gasteiger partial charge is 0.464 e. The first-order valence-electron chi connectivity index (χ1n) is 8.30. The zero-order valence-corrected chi connectivity index (χ0v) is 16.0. The van der Waals surface area contributed by atoms with Crippen LogP contribution in [-0.2, 0) is 11.3 Å². The molecule has 140 valence electrons. The van der Waals surface area contributed by atoms with Gasteiger partial charge in [0.1, 0.15) is 6.26 Å². The minimum atomic E-state index is -0.581. The van der Waals surface area contributed by atoms with Crippen LogP contribution < -0.4 is 5.32 Å². The summed E-state index contributed by atoms with van der Waals surface area (Å²) < 4.78 is 9.94. The smallest absolute Gasteiger partial charge is 0.360 e. The number of rotatable bonds is 4. The summed E-state index contributed by atoms with van der Waals surface area (Å²) in [5.74, 6) is -0.321. The number of methoxy groups -OCH3 is 1. The van der Waals surface area contributed by atoms with Crippen LogP contribution in [0.4, 0.5) is 10.5 Å². The Morgan fingerprint density at radius 2 is 1.96 bits per heavy atom. The molecule has 0 unspecified atom stereocenters. The maximum atomic E-state index is 12.9. The van der Waals surface area contributed by atoms with Gasteiger partial charge in [0, 0.05) is 11.2 Å². The van der Waals surface area contributed by atoms with Crippen molar-refractivity contribution in [2.45, 2.75) is 46.7 Å². The second-order valence-electron chi connectivity index (χ2n) is 7.12. The molecule has 7 heteroatoms. The van der Waals surface area contributed by atoms with Gasteiger partial charge in [-0.3, -0.25) is 0 Å². The number of oxazole rings is 1. The van der Waals surface area contributed by atoms with Gasteiger partial charge in [0.2, 0.25) is 5.89 Å². The van der Waals surface area contributed by atoms with E-state index in [2.05, 4.69) is 15.0 Å². The number of ether oxygens (including phenoxy) is 1. The Balaban J connectivity index is 2.20. The van der Waals surface area contributed by atoms with E-state index in [4.69, 9.17) is 4.42 Å². The minimum absolute atomic E-state index is 0.0751. The summed E-state index contributed by atoms with van der Waals surface area (Å²) in [5, 5.41) is 2.93. The van der Waals surface area contributed by atoms with Gasteiger partial charge >= 0.3 is 12.0 Å². The standard InChI is InChI=1S/C19H25N3O4/c1-12-7-8-14(13(2)9-12)21-18(24)22(19(3,4)5)10-16-20-15(11-26-16)17(23)25-6/h7-9,11H,10H2,1-6H3,(H,21,24). The molecule has 2 amide bonds. The van der Waals surface area contributed by atoms with Crippen molar-refractivity contribution in [3.63, 3.8) is 0 Å². The maximum absolute atomic E-state index is 12.9. The summed E-state index contributed by atoms with van der Waals surface area (Å²) in [6, 6.07) is 5.56. The molecule has 7 nitrogen and oxygen atoms in total. The number of esters is 1. The van der Waals surface area contributed by atoms with E-state index in [9.17, 15) is 9.59 Å². The Bertz CT molecular complexity index is 805. The van der Waals surface area contributed by atoms with Crippen LogP contribution in [0.3, 0.4) is 0 Å². The first-order valence-corrected chi connectivity index (χ1v) is 8.30. The molecule has 0 saturated carbocycles. The van der Waals surface area contributed by atoms with Crippen molar-refractivity contribution in [3.8, 4) is 0 Å². The second-order valence-corrected chi connectivity index (χ2v) is 7.12. The van der Waals surface area contributed by atoms with E-state index in [0.717, 1.165) is 16.8 Å². The van der Waals surface area contributed by atoms with E-state index >= 15 is 0 Å². The van der Waals surface area contributed by atoms with Gasteiger partial charge in [-0.2, -0.15) is 0 Å². The number of carbonyl (C=O) groups excluding carboxylic acids is 2. The summed E-state index contributed by atoms with van der Waals surface area (Å²) in [6.45, 7) is 9.82. The molecule has 1 aromatic heterocycles. The highest BCUT2D eigenvalue weighted by atomic mass is 16.5. The number of aryl methyl sites for hydroxylation is 2. The number of benzene rings is 1. The van der Waals surface area contributed by atoms with E-state index < -0.39 is 11.5 Å². The lowest BCUT2D eigenvalue weighted by molar-refractivity contribution is 0.0594. The molecule has 0 aliphatic carbocycles. The van der Waals surface area contributed by atoms with Gasteiger partial charge in [-0.15, -0.1) is 0 Å². The summed E-state index contributed by atoms with van der Waals surface area (Å²) >= 11 is 0. The zero-order valence-electron chi connectivity index (χ0n) is 16.0. The Morgan fingerprint density at radius 1 is 1.27 bits per heavy atom. The highest BCUT2D eigenvalue weighted by Gasteiger charge is 2.29. The number of hydrogen-bond acceptors (Lipinski definition) is 5. The molecule has 1 heterocycles. The van der Waals surface area contributed by atoms with E-state index in [1.807, 2.05) is 52.8 Å². The fourth-order valence-corrected chi connectivity index (χ4v) is 2.47. The van der Waals surface area contributed by atoms with Crippen LogP contribution in [0.5, 0.6) is 0 Å². The Labute approximate surface area is 153 Å². The Kier molecular flexibility index (Phi) is 5.69. The van der Waals surface area contributed by atoms with E-state index in [-0.39, 0.29) is 24.2 Å². The van der Waals surface area contributed by atoms with Crippen molar-refractivity contribution in [3.05, 3.63) is 47.2 Å². The molecule has 0 bridgehead atoms. The Hall–Kier alpha value is -2.83. The van der Waals surface area contributed by atoms with Crippen LogP contribution in [0.1, 0.15) is 48.3 Å². The first-order chi connectivity index (χ1) is 12.1. The molecule has 2 rings (SSSR count). The lowest BCUT2D eigenvalue weighted by Crippen LogP contribution is -2.47. The molecule has 0 radical (unpaired) electrons. The van der Waals surface area contributed by atoms with Crippen LogP contribution in [0.15, 0.2) is 28.9 Å². The molecule has 0 aliphatic heterocycles. The molecule has 0 saturated heterocycles. The second kappa shape index (κ2) is 7.59. The average Bonchev–Trinajstić information content (AvgIpc) is 3.02. The summed E-state index contributed by atoms with van der Waals surface area (Å²) in [7, 11) is 1.27. The molecule has 2 aromatic rings. The molecule has 1 N–H and O–H groups in total. The van der Waals surface area contributed by atoms with Crippen molar-refractivity contribution in [1.29, 1.82) is 0 Å². The molecular formula is C19H25N3O4. The maximum Gasteiger partial charge on any atom is 0.360 e. The van der Waals surface area contributed by atoms with Gasteiger partial charge in [0.05, 0.1) is 13.7 Å². The predicted molar refractivity (Wildman–Crippen MR) is 98.1 cm³/mol. The fraction of sp³-hybridized carbons (Fsp3) is 0.421. The minimum Gasteiger partial charge on any atom is -0.464 e. The summed E-state index contributed by atoms with van der Waals surface area (Å²) in [5.41, 5.74) is 2.45. The van der Waals surface area contributed by atoms with E-state index in [1.165, 1.54) is 13.4 Å². The molecule has 0 fully saturated rings. The van der Waals surface area contributed by atoms with Crippen LogP contribution in [0.2, 0.25) is 0 Å². The highest BCUT2D eigenvalue weighted by molar-refractivity contribution is 5.90. The molecule has 0 atom stereocenters. The fourth-order valence-electron chi connectivity index (χ4n) is 2.47. The van der Waals surface area contributed by atoms with Gasteiger partial charge in [-0.05, 0) is 46.2 Å². The normalized spacial score (nSPS) is 11.2. The van der Waals surface area contributed by atoms with Gasteiger partial charge in [-0.25, -0.2) is 14.6 Å². The number of nitrogens with zero attached hydrogens (tertiary/aromatic N) is 2. The molecule has 1 aromatic carbocycles. The molecule has 0 aliphatic rings. The van der Waals surface area contributed by atoms with Gasteiger partial charge in [0.15, 0.2) is 5.69 Å². The number of urea groups is 1. The Morgan fingerprint density at radius 3 is 2.54 bits per heavy atom. The van der Waals surface area contributed by atoms with Crippen molar-refractivity contribution < 1.29 is 18.7 Å². The number of hydrogen-bond donors (Lipinski definition) is 1. The van der Waals surface area contributed by atoms with Gasteiger partial charge < -0.3 is 19.4 Å². The SMILES string of the molecule is COC(=O)c1coc(CN(C(=O)Nc2ccc(C)cc2C)C(C)(C)C)n1. The lowest BCUT2D eigenvalue weighted by Gasteiger charge is -2.34.